The van der Waals surface area contributed by atoms with Crippen molar-refractivity contribution in [2.75, 3.05) is 0 Å². The molecule has 0 amide bonds. The molecule has 38 heavy (non-hydrogen) atoms. The predicted molar refractivity (Wildman–Crippen MR) is 158 cm³/mol. The molecule has 0 bridgehead atoms. The zero-order valence-electron chi connectivity index (χ0n) is 20.6. The summed E-state index contributed by atoms with van der Waals surface area (Å²) in [7, 11) is 0. The number of pyridine rings is 1. The Morgan fingerprint density at radius 1 is 0.421 bits per heavy atom. The van der Waals surface area contributed by atoms with Crippen LogP contribution < -0.4 is 0 Å². The highest BCUT2D eigenvalue weighted by molar-refractivity contribution is 6.20. The third-order valence-electron chi connectivity index (χ3n) is 7.61. The number of nitrogens with zero attached hydrogens (tertiary/aromatic N) is 3. The SMILES string of the molecule is c1ccc(-n2c3cnccc3c3c(-c4cccc5c6ccccc6n(-c6ccccc6)c45)cccc32)cc1. The van der Waals surface area contributed by atoms with E-state index in [1.807, 2.05) is 12.4 Å². The molecule has 0 saturated carbocycles. The van der Waals surface area contributed by atoms with E-state index in [0.717, 1.165) is 16.9 Å². The number of para-hydroxylation sites is 4. The van der Waals surface area contributed by atoms with Gasteiger partial charge in [-0.15, -0.1) is 0 Å². The highest BCUT2D eigenvalue weighted by Crippen LogP contribution is 2.43. The average Bonchev–Trinajstić information content (AvgIpc) is 3.51. The first-order valence-corrected chi connectivity index (χ1v) is 12.9. The third-order valence-corrected chi connectivity index (χ3v) is 7.61. The van der Waals surface area contributed by atoms with Gasteiger partial charge in [-0.3, -0.25) is 4.98 Å². The van der Waals surface area contributed by atoms with Gasteiger partial charge in [0.05, 0.1) is 28.3 Å². The number of aromatic nitrogens is 3. The third kappa shape index (κ3) is 2.93. The smallest absolute Gasteiger partial charge is 0.0724 e. The molecule has 3 heteroatoms. The summed E-state index contributed by atoms with van der Waals surface area (Å²) in [6.07, 6.45) is 3.88. The van der Waals surface area contributed by atoms with Gasteiger partial charge >= 0.3 is 0 Å². The van der Waals surface area contributed by atoms with E-state index >= 15 is 0 Å². The lowest BCUT2D eigenvalue weighted by molar-refractivity contribution is 1.17. The fourth-order valence-corrected chi connectivity index (χ4v) is 6.08. The van der Waals surface area contributed by atoms with Gasteiger partial charge in [0.1, 0.15) is 0 Å². The highest BCUT2D eigenvalue weighted by atomic mass is 15.0. The van der Waals surface area contributed by atoms with Gasteiger partial charge in [-0.25, -0.2) is 0 Å². The number of rotatable bonds is 3. The van der Waals surface area contributed by atoms with Crippen LogP contribution in [0.5, 0.6) is 0 Å². The topological polar surface area (TPSA) is 22.8 Å². The Kier molecular flexibility index (Phi) is 4.52. The second kappa shape index (κ2) is 8.19. The lowest BCUT2D eigenvalue weighted by Gasteiger charge is -2.13. The summed E-state index contributed by atoms with van der Waals surface area (Å²) in [5.74, 6) is 0. The van der Waals surface area contributed by atoms with E-state index in [9.17, 15) is 0 Å². The van der Waals surface area contributed by atoms with Crippen molar-refractivity contribution in [1.82, 2.24) is 14.1 Å². The maximum absolute atomic E-state index is 4.50. The van der Waals surface area contributed by atoms with Crippen LogP contribution in [0.15, 0.2) is 140 Å². The minimum atomic E-state index is 1.11. The lowest BCUT2D eigenvalue weighted by atomic mass is 9.97. The van der Waals surface area contributed by atoms with Crippen molar-refractivity contribution in [3.8, 4) is 22.5 Å². The monoisotopic (exact) mass is 485 g/mol. The van der Waals surface area contributed by atoms with Crippen LogP contribution in [0.3, 0.4) is 0 Å². The Morgan fingerprint density at radius 3 is 1.87 bits per heavy atom. The van der Waals surface area contributed by atoms with Gasteiger partial charge in [0, 0.05) is 44.7 Å². The molecule has 0 atom stereocenters. The molecule has 3 nitrogen and oxygen atoms in total. The normalized spacial score (nSPS) is 11.7. The van der Waals surface area contributed by atoms with Crippen molar-refractivity contribution in [3.63, 3.8) is 0 Å². The standard InChI is InChI=1S/C35H23N3/c1-3-11-24(12-4-1)37-32-20-10-16-27(34(32)30-21-22-36-23-33(30)37)29-18-9-17-28-26-15-7-8-19-31(26)38(35(28)29)25-13-5-2-6-14-25/h1-23H. The average molecular weight is 486 g/mol. The number of hydrogen-bond donors (Lipinski definition) is 0. The zero-order chi connectivity index (χ0) is 25.1. The molecule has 0 aliphatic rings. The fourth-order valence-electron chi connectivity index (χ4n) is 6.08. The zero-order valence-corrected chi connectivity index (χ0v) is 20.6. The number of benzene rings is 5. The minimum Gasteiger partial charge on any atom is -0.309 e. The molecule has 178 valence electrons. The summed E-state index contributed by atoms with van der Waals surface area (Å²) in [6, 6.07) is 45.5. The van der Waals surface area contributed by atoms with Gasteiger partial charge in [-0.2, -0.15) is 0 Å². The summed E-state index contributed by atoms with van der Waals surface area (Å²) < 4.78 is 4.74. The van der Waals surface area contributed by atoms with E-state index in [2.05, 4.69) is 142 Å². The van der Waals surface area contributed by atoms with E-state index in [4.69, 9.17) is 0 Å². The van der Waals surface area contributed by atoms with Gasteiger partial charge in [0.15, 0.2) is 0 Å². The van der Waals surface area contributed by atoms with Crippen LogP contribution in [0.25, 0.3) is 66.1 Å². The summed E-state index contributed by atoms with van der Waals surface area (Å²) in [5.41, 5.74) is 9.46. The van der Waals surface area contributed by atoms with Gasteiger partial charge in [0.25, 0.3) is 0 Å². The molecule has 5 aromatic carbocycles. The molecule has 3 aromatic heterocycles. The van der Waals surface area contributed by atoms with Crippen LogP contribution in [-0.4, -0.2) is 14.1 Å². The largest absolute Gasteiger partial charge is 0.309 e. The minimum absolute atomic E-state index is 1.11. The van der Waals surface area contributed by atoms with Crippen molar-refractivity contribution in [3.05, 3.63) is 140 Å². The van der Waals surface area contributed by atoms with Crippen molar-refractivity contribution >= 4 is 43.6 Å². The van der Waals surface area contributed by atoms with Gasteiger partial charge in [-0.1, -0.05) is 84.9 Å². The van der Waals surface area contributed by atoms with Gasteiger partial charge in [-0.05, 0) is 48.0 Å². The molecule has 0 N–H and O–H groups in total. The molecule has 8 aromatic rings. The van der Waals surface area contributed by atoms with Crippen LogP contribution in [0.1, 0.15) is 0 Å². The van der Waals surface area contributed by atoms with E-state index in [1.165, 1.54) is 49.2 Å². The van der Waals surface area contributed by atoms with Crippen LogP contribution in [0.2, 0.25) is 0 Å². The Hall–Kier alpha value is -5.15. The first kappa shape index (κ1) is 21.0. The molecule has 0 saturated heterocycles. The van der Waals surface area contributed by atoms with Crippen LogP contribution in [0, 0.1) is 0 Å². The summed E-state index contributed by atoms with van der Waals surface area (Å²) >= 11 is 0. The van der Waals surface area contributed by atoms with Crippen molar-refractivity contribution < 1.29 is 0 Å². The number of fused-ring (bicyclic) bond motifs is 6. The predicted octanol–water partition coefficient (Wildman–Crippen LogP) is 8.94. The van der Waals surface area contributed by atoms with E-state index in [1.54, 1.807) is 0 Å². The lowest BCUT2D eigenvalue weighted by Crippen LogP contribution is -1.95. The fraction of sp³-hybridized carbons (Fsp3) is 0. The quantitative estimate of drug-likeness (QED) is 0.245. The Labute approximate surface area is 219 Å². The summed E-state index contributed by atoms with van der Waals surface area (Å²) in [4.78, 5) is 4.50. The second-order valence-electron chi connectivity index (χ2n) is 9.65. The maximum atomic E-state index is 4.50. The molecular formula is C35H23N3. The van der Waals surface area contributed by atoms with Crippen LogP contribution >= 0.6 is 0 Å². The van der Waals surface area contributed by atoms with Crippen molar-refractivity contribution in [2.45, 2.75) is 0 Å². The molecule has 0 aliphatic heterocycles. The highest BCUT2D eigenvalue weighted by Gasteiger charge is 2.20. The molecule has 0 spiro atoms. The van der Waals surface area contributed by atoms with E-state index < -0.39 is 0 Å². The number of hydrogen-bond acceptors (Lipinski definition) is 1. The summed E-state index contributed by atoms with van der Waals surface area (Å²) in [5, 5.41) is 4.96. The molecule has 0 fully saturated rings. The van der Waals surface area contributed by atoms with Crippen molar-refractivity contribution in [1.29, 1.82) is 0 Å². The first-order valence-electron chi connectivity index (χ1n) is 12.9. The second-order valence-corrected chi connectivity index (χ2v) is 9.65. The summed E-state index contributed by atoms with van der Waals surface area (Å²) in [6.45, 7) is 0. The molecule has 0 radical (unpaired) electrons. The van der Waals surface area contributed by atoms with Crippen molar-refractivity contribution in [2.24, 2.45) is 0 Å². The first-order chi connectivity index (χ1) is 18.9. The molecule has 0 unspecified atom stereocenters. The van der Waals surface area contributed by atoms with E-state index in [0.29, 0.717) is 0 Å². The molecule has 3 heterocycles. The molecular weight excluding hydrogens is 462 g/mol. The van der Waals surface area contributed by atoms with Crippen LogP contribution in [0.4, 0.5) is 0 Å². The van der Waals surface area contributed by atoms with Gasteiger partial charge in [0.2, 0.25) is 0 Å². The maximum Gasteiger partial charge on any atom is 0.0724 e. The van der Waals surface area contributed by atoms with Gasteiger partial charge < -0.3 is 9.13 Å². The Morgan fingerprint density at radius 2 is 1.05 bits per heavy atom. The molecule has 8 rings (SSSR count). The Bertz CT molecular complexity index is 2120. The Balaban J connectivity index is 1.55. The molecule has 0 aliphatic carbocycles. The van der Waals surface area contributed by atoms with Crippen LogP contribution in [-0.2, 0) is 0 Å². The van der Waals surface area contributed by atoms with E-state index in [-0.39, 0.29) is 0 Å².